The Morgan fingerprint density at radius 3 is 1.34 bits per heavy atom. The molecule has 64 heavy (non-hydrogen) atoms. The van der Waals surface area contributed by atoms with Gasteiger partial charge in [0, 0.05) is 44.2 Å². The lowest BCUT2D eigenvalue weighted by molar-refractivity contribution is 1.13. The van der Waals surface area contributed by atoms with Gasteiger partial charge in [0.25, 0.3) is 0 Å². The molecule has 0 amide bonds. The molecule has 11 rings (SSSR count). The lowest BCUT2D eigenvalue weighted by Gasteiger charge is -2.17. The maximum atomic E-state index is 5.42. The van der Waals surface area contributed by atoms with Gasteiger partial charge in [0.1, 0.15) is 0 Å². The van der Waals surface area contributed by atoms with Gasteiger partial charge in [-0.3, -0.25) is 0 Å². The van der Waals surface area contributed by atoms with Gasteiger partial charge in [-0.15, -0.1) is 0 Å². The monoisotopic (exact) mass is 821 g/mol. The molecule has 0 aliphatic heterocycles. The van der Waals surface area contributed by atoms with E-state index in [0.717, 1.165) is 72.9 Å². The highest BCUT2D eigenvalue weighted by atomic mass is 15.0. The first-order chi connectivity index (χ1) is 31.4. The van der Waals surface area contributed by atoms with Crippen LogP contribution in [0.25, 0.3) is 106 Å². The minimum Gasteiger partial charge on any atom is -0.309 e. The number of hydrogen-bond donors (Lipinski definition) is 0. The molecule has 0 aliphatic carbocycles. The highest BCUT2D eigenvalue weighted by Gasteiger charge is 2.22. The van der Waals surface area contributed by atoms with Gasteiger partial charge in [-0.1, -0.05) is 169 Å². The Morgan fingerprint density at radius 1 is 0.328 bits per heavy atom. The lowest BCUT2D eigenvalue weighted by atomic mass is 9.93. The molecule has 0 bridgehead atoms. The van der Waals surface area contributed by atoms with Crippen LogP contribution in [0.5, 0.6) is 0 Å². The Kier molecular flexibility index (Phi) is 9.78. The van der Waals surface area contributed by atoms with Gasteiger partial charge in [-0.25, -0.2) is 19.9 Å². The van der Waals surface area contributed by atoms with E-state index in [1.165, 1.54) is 38.6 Å². The molecule has 304 valence electrons. The zero-order chi connectivity index (χ0) is 43.1. The van der Waals surface area contributed by atoms with Gasteiger partial charge >= 0.3 is 0 Å². The molecule has 5 heteroatoms. The van der Waals surface area contributed by atoms with Crippen LogP contribution in [0.1, 0.15) is 16.7 Å². The van der Waals surface area contributed by atoms with Gasteiger partial charge in [0.2, 0.25) is 0 Å². The van der Waals surface area contributed by atoms with E-state index in [1.54, 1.807) is 0 Å². The topological polar surface area (TPSA) is 56.5 Å². The largest absolute Gasteiger partial charge is 0.309 e. The average molecular weight is 822 g/mol. The van der Waals surface area contributed by atoms with Crippen LogP contribution < -0.4 is 0 Å². The zero-order valence-corrected chi connectivity index (χ0v) is 35.9. The molecule has 5 nitrogen and oxygen atoms in total. The molecule has 0 atom stereocenters. The van der Waals surface area contributed by atoms with E-state index in [4.69, 9.17) is 19.9 Å². The van der Waals surface area contributed by atoms with Crippen LogP contribution in [0.2, 0.25) is 0 Å². The summed E-state index contributed by atoms with van der Waals surface area (Å²) in [5.74, 6) is 1.28. The second-order valence-corrected chi connectivity index (χ2v) is 16.5. The minimum absolute atomic E-state index is 0.617. The molecule has 11 aromatic rings. The average Bonchev–Trinajstić information content (AvgIpc) is 3.68. The number of fused-ring (bicyclic) bond motifs is 3. The van der Waals surface area contributed by atoms with Gasteiger partial charge in [0.15, 0.2) is 11.6 Å². The molecule has 0 spiro atoms. The van der Waals surface area contributed by atoms with Crippen molar-refractivity contribution in [2.75, 3.05) is 0 Å². The number of nitrogens with zero attached hydrogens (tertiary/aromatic N) is 5. The Labute approximate surface area is 373 Å². The number of aromatic nitrogens is 5. The third-order valence-corrected chi connectivity index (χ3v) is 12.1. The van der Waals surface area contributed by atoms with Crippen LogP contribution in [-0.4, -0.2) is 24.5 Å². The SMILES string of the molecule is Cc1cc(C)c(-c2ccc3c(c2)c2ccccc2n3-c2ccc(-c3cc(-c4ccccc4)nc(-c4ccccc4)n3)cc2-c2nc(-c3ccccc3)cc(-c3ccccc3)n2)c(C)c1. The van der Waals surface area contributed by atoms with Crippen molar-refractivity contribution in [2.24, 2.45) is 0 Å². The molecule has 8 aromatic carbocycles. The Balaban J connectivity index is 1.19. The van der Waals surface area contributed by atoms with Crippen LogP contribution >= 0.6 is 0 Å². The van der Waals surface area contributed by atoms with E-state index >= 15 is 0 Å². The first-order valence-corrected chi connectivity index (χ1v) is 21.7. The second-order valence-electron chi connectivity index (χ2n) is 16.5. The fourth-order valence-corrected chi connectivity index (χ4v) is 9.24. The van der Waals surface area contributed by atoms with Gasteiger partial charge in [0.05, 0.1) is 39.5 Å². The second kappa shape index (κ2) is 16.2. The molecule has 3 heterocycles. The highest BCUT2D eigenvalue weighted by Crippen LogP contribution is 2.41. The van der Waals surface area contributed by atoms with Crippen molar-refractivity contribution in [1.29, 1.82) is 0 Å². The predicted octanol–water partition coefficient (Wildman–Crippen LogP) is 15.0. The molecule has 0 aliphatic rings. The van der Waals surface area contributed by atoms with Crippen molar-refractivity contribution in [1.82, 2.24) is 24.5 Å². The quantitative estimate of drug-likeness (QED) is 0.153. The Morgan fingerprint density at radius 2 is 0.781 bits per heavy atom. The summed E-state index contributed by atoms with van der Waals surface area (Å²) in [6, 6.07) is 72.2. The Bertz CT molecular complexity index is 3370. The van der Waals surface area contributed by atoms with Gasteiger partial charge in [-0.2, -0.15) is 0 Å². The lowest BCUT2D eigenvalue weighted by Crippen LogP contribution is -2.03. The van der Waals surface area contributed by atoms with Crippen LogP contribution in [0.3, 0.4) is 0 Å². The molecule has 0 unspecified atom stereocenters. The van der Waals surface area contributed by atoms with Gasteiger partial charge in [-0.05, 0) is 85.5 Å². The molecule has 0 N–H and O–H groups in total. The first kappa shape index (κ1) is 38.6. The van der Waals surface area contributed by atoms with E-state index in [2.05, 4.69) is 183 Å². The summed E-state index contributed by atoms with van der Waals surface area (Å²) in [5.41, 5.74) is 18.6. The van der Waals surface area contributed by atoms with Crippen LogP contribution in [-0.2, 0) is 0 Å². The van der Waals surface area contributed by atoms with Crippen molar-refractivity contribution < 1.29 is 0 Å². The molecule has 0 radical (unpaired) electrons. The van der Waals surface area contributed by atoms with Crippen molar-refractivity contribution >= 4 is 21.8 Å². The fourth-order valence-electron chi connectivity index (χ4n) is 9.24. The third-order valence-electron chi connectivity index (χ3n) is 12.1. The zero-order valence-electron chi connectivity index (χ0n) is 35.9. The number of para-hydroxylation sites is 1. The van der Waals surface area contributed by atoms with Gasteiger partial charge < -0.3 is 4.57 Å². The highest BCUT2D eigenvalue weighted by molar-refractivity contribution is 6.11. The first-order valence-electron chi connectivity index (χ1n) is 21.7. The van der Waals surface area contributed by atoms with Crippen LogP contribution in [0, 0.1) is 20.8 Å². The van der Waals surface area contributed by atoms with E-state index in [0.29, 0.717) is 11.6 Å². The smallest absolute Gasteiger partial charge is 0.162 e. The van der Waals surface area contributed by atoms with Crippen molar-refractivity contribution in [3.8, 4) is 84.6 Å². The number of benzene rings is 8. The van der Waals surface area contributed by atoms with Crippen LogP contribution in [0.15, 0.2) is 206 Å². The summed E-state index contributed by atoms with van der Waals surface area (Å²) in [6.45, 7) is 6.60. The maximum Gasteiger partial charge on any atom is 0.162 e. The summed E-state index contributed by atoms with van der Waals surface area (Å²) >= 11 is 0. The predicted molar refractivity (Wildman–Crippen MR) is 264 cm³/mol. The number of rotatable bonds is 8. The normalized spacial score (nSPS) is 11.4. The van der Waals surface area contributed by atoms with E-state index in [-0.39, 0.29) is 0 Å². The van der Waals surface area contributed by atoms with Crippen molar-refractivity contribution in [2.45, 2.75) is 20.8 Å². The third kappa shape index (κ3) is 7.13. The number of aryl methyl sites for hydroxylation is 3. The molecule has 0 saturated carbocycles. The minimum atomic E-state index is 0.617. The molecule has 0 fully saturated rings. The summed E-state index contributed by atoms with van der Waals surface area (Å²) in [7, 11) is 0. The molecular formula is C59H43N5. The molecule has 3 aromatic heterocycles. The van der Waals surface area contributed by atoms with E-state index in [9.17, 15) is 0 Å². The maximum absolute atomic E-state index is 5.42. The van der Waals surface area contributed by atoms with E-state index < -0.39 is 0 Å². The summed E-state index contributed by atoms with van der Waals surface area (Å²) in [4.78, 5) is 21.2. The summed E-state index contributed by atoms with van der Waals surface area (Å²) < 4.78 is 2.38. The summed E-state index contributed by atoms with van der Waals surface area (Å²) in [5, 5.41) is 2.36. The fraction of sp³-hybridized carbons (Fsp3) is 0.0508. The van der Waals surface area contributed by atoms with E-state index in [1.807, 2.05) is 48.5 Å². The summed E-state index contributed by atoms with van der Waals surface area (Å²) in [6.07, 6.45) is 0. The standard InChI is InChI=1S/C59H43N5/c1-38-32-39(2)57(40(3)33-38)46-29-31-55-48(35-46)47-26-16-17-27-54(47)64(55)56-30-28-45(53-37-50(41-18-8-4-9-19-41)60-58(61-53)44-24-14-7-15-25-44)34-49(56)59-62-51(42-20-10-5-11-21-42)36-52(63-59)43-22-12-6-13-23-43/h4-37H,1-3H3. The van der Waals surface area contributed by atoms with Crippen molar-refractivity contribution in [3.63, 3.8) is 0 Å². The molecule has 0 saturated heterocycles. The number of hydrogen-bond acceptors (Lipinski definition) is 4. The Hall–Kier alpha value is -8.28. The van der Waals surface area contributed by atoms with Crippen molar-refractivity contribution in [3.05, 3.63) is 223 Å². The molecular weight excluding hydrogens is 779 g/mol. The van der Waals surface area contributed by atoms with Crippen LogP contribution in [0.4, 0.5) is 0 Å².